The van der Waals surface area contributed by atoms with Crippen molar-refractivity contribution in [2.75, 3.05) is 0 Å². The topological polar surface area (TPSA) is 72.9 Å². The predicted molar refractivity (Wildman–Crippen MR) is 89.6 cm³/mol. The van der Waals surface area contributed by atoms with Crippen molar-refractivity contribution in [1.29, 1.82) is 0 Å². The summed E-state index contributed by atoms with van der Waals surface area (Å²) in [5.41, 5.74) is 6.63. The smallest absolute Gasteiger partial charge is 0.285 e. The van der Waals surface area contributed by atoms with Gasteiger partial charge in [-0.15, -0.1) is 0 Å². The molecule has 116 valence electrons. The molecule has 5 nitrogen and oxygen atoms in total. The average molecular weight is 306 g/mol. The third-order valence-electron chi connectivity index (χ3n) is 3.67. The Morgan fingerprint density at radius 2 is 1.83 bits per heavy atom. The molecule has 5 heteroatoms. The molecule has 1 heterocycles. The molecule has 0 aliphatic rings. The highest BCUT2D eigenvalue weighted by Crippen LogP contribution is 2.22. The molecule has 1 amide bonds. The number of benzene rings is 2. The fraction of sp³-hybridized carbons (Fsp3) is 0.111. The molecule has 0 saturated heterocycles. The van der Waals surface area contributed by atoms with E-state index < -0.39 is 5.91 Å². The highest BCUT2D eigenvalue weighted by Gasteiger charge is 2.15. The predicted octanol–water partition coefficient (Wildman–Crippen LogP) is 2.51. The van der Waals surface area contributed by atoms with E-state index >= 15 is 0 Å². The van der Waals surface area contributed by atoms with Gasteiger partial charge < -0.3 is 0 Å². The summed E-state index contributed by atoms with van der Waals surface area (Å²) in [7, 11) is 0. The highest BCUT2D eigenvalue weighted by atomic mass is 16.2. The van der Waals surface area contributed by atoms with Crippen LogP contribution in [-0.4, -0.2) is 15.7 Å². The van der Waals surface area contributed by atoms with Crippen molar-refractivity contribution in [3.8, 4) is 11.3 Å². The molecule has 0 fully saturated rings. The molecule has 3 N–H and O–H groups in total. The number of aryl methyl sites for hydroxylation is 1. The molecule has 0 bridgehead atoms. The first-order chi connectivity index (χ1) is 11.2. The molecule has 2 aromatic carbocycles. The number of carbonyl (C=O) groups is 1. The minimum atomic E-state index is -0.398. The largest absolute Gasteiger partial charge is 0.289 e. The van der Waals surface area contributed by atoms with E-state index in [4.69, 9.17) is 5.84 Å². The minimum Gasteiger partial charge on any atom is -0.289 e. The summed E-state index contributed by atoms with van der Waals surface area (Å²) in [5.74, 6) is 4.83. The van der Waals surface area contributed by atoms with Gasteiger partial charge in [-0.25, -0.2) is 5.84 Å². The molecule has 0 aliphatic carbocycles. The van der Waals surface area contributed by atoms with Gasteiger partial charge in [0, 0.05) is 0 Å². The summed E-state index contributed by atoms with van der Waals surface area (Å²) in [6.45, 7) is 2.63. The maximum atomic E-state index is 11.8. The summed E-state index contributed by atoms with van der Waals surface area (Å²) in [6.07, 6.45) is 0. The van der Waals surface area contributed by atoms with Gasteiger partial charge in [0.1, 0.15) is 0 Å². The van der Waals surface area contributed by atoms with E-state index in [1.807, 2.05) is 66.2 Å². The Morgan fingerprint density at radius 1 is 1.13 bits per heavy atom. The van der Waals surface area contributed by atoms with Crippen LogP contribution in [0, 0.1) is 6.92 Å². The van der Waals surface area contributed by atoms with E-state index in [0.717, 1.165) is 16.8 Å². The molecule has 3 rings (SSSR count). The zero-order chi connectivity index (χ0) is 16.2. The van der Waals surface area contributed by atoms with Gasteiger partial charge in [0.05, 0.1) is 12.2 Å². The van der Waals surface area contributed by atoms with E-state index in [-0.39, 0.29) is 0 Å². The molecule has 23 heavy (non-hydrogen) atoms. The number of hydrogen-bond donors (Lipinski definition) is 2. The normalized spacial score (nSPS) is 10.5. The van der Waals surface area contributed by atoms with Gasteiger partial charge in [-0.1, -0.05) is 60.2 Å². The van der Waals surface area contributed by atoms with E-state index in [1.54, 1.807) is 6.07 Å². The van der Waals surface area contributed by atoms with Crippen molar-refractivity contribution in [3.63, 3.8) is 0 Å². The van der Waals surface area contributed by atoms with Crippen LogP contribution in [0.15, 0.2) is 60.7 Å². The van der Waals surface area contributed by atoms with Gasteiger partial charge in [-0.3, -0.25) is 14.9 Å². The maximum Gasteiger partial charge on any atom is 0.285 e. The highest BCUT2D eigenvalue weighted by molar-refractivity contribution is 5.93. The minimum absolute atomic E-state index is 0.305. The fourth-order valence-electron chi connectivity index (χ4n) is 2.44. The Balaban J connectivity index is 2.03. The Hall–Kier alpha value is -2.92. The lowest BCUT2D eigenvalue weighted by atomic mass is 10.1. The number of amides is 1. The lowest BCUT2D eigenvalue weighted by Gasteiger charge is -2.08. The molecular formula is C18H18N4O. The van der Waals surface area contributed by atoms with Crippen LogP contribution in [0.1, 0.15) is 21.6 Å². The first-order valence-electron chi connectivity index (χ1n) is 7.37. The third-order valence-corrected chi connectivity index (χ3v) is 3.67. The van der Waals surface area contributed by atoms with E-state index in [2.05, 4.69) is 10.5 Å². The first kappa shape index (κ1) is 15.0. The van der Waals surface area contributed by atoms with Gasteiger partial charge in [0.15, 0.2) is 5.69 Å². The Labute approximate surface area is 134 Å². The Kier molecular flexibility index (Phi) is 4.21. The van der Waals surface area contributed by atoms with Gasteiger partial charge >= 0.3 is 0 Å². The monoisotopic (exact) mass is 306 g/mol. The quantitative estimate of drug-likeness (QED) is 0.442. The summed E-state index contributed by atoms with van der Waals surface area (Å²) in [4.78, 5) is 11.8. The van der Waals surface area contributed by atoms with Crippen molar-refractivity contribution < 1.29 is 4.79 Å². The number of carbonyl (C=O) groups excluding carboxylic acids is 1. The van der Waals surface area contributed by atoms with Crippen LogP contribution in [0.5, 0.6) is 0 Å². The number of nitrogens with two attached hydrogens (primary N) is 1. The molecule has 0 radical (unpaired) electrons. The van der Waals surface area contributed by atoms with Crippen LogP contribution < -0.4 is 11.3 Å². The zero-order valence-electron chi connectivity index (χ0n) is 12.9. The van der Waals surface area contributed by atoms with Crippen LogP contribution in [0.25, 0.3) is 11.3 Å². The molecule has 0 aliphatic heterocycles. The van der Waals surface area contributed by atoms with Gasteiger partial charge in [0.2, 0.25) is 0 Å². The Bertz CT molecular complexity index is 807. The lowest BCUT2D eigenvalue weighted by molar-refractivity contribution is 0.0948. The van der Waals surface area contributed by atoms with Crippen molar-refractivity contribution in [2.45, 2.75) is 13.5 Å². The van der Waals surface area contributed by atoms with Crippen molar-refractivity contribution in [1.82, 2.24) is 15.2 Å². The van der Waals surface area contributed by atoms with E-state index in [1.165, 1.54) is 5.56 Å². The summed E-state index contributed by atoms with van der Waals surface area (Å²) < 4.78 is 1.82. The van der Waals surface area contributed by atoms with Crippen LogP contribution in [0.3, 0.4) is 0 Å². The van der Waals surface area contributed by atoms with Crippen molar-refractivity contribution in [2.24, 2.45) is 5.84 Å². The standard InChI is InChI=1S/C18H18N4O/c1-13-7-9-15(10-8-13)17-11-16(18(23)20-19)21-22(17)12-14-5-3-2-4-6-14/h2-11H,12,19H2,1H3,(H,20,23). The first-order valence-corrected chi connectivity index (χ1v) is 7.37. The van der Waals surface area contributed by atoms with Gasteiger partial charge in [0.25, 0.3) is 5.91 Å². The third kappa shape index (κ3) is 3.30. The molecule has 3 aromatic rings. The lowest BCUT2D eigenvalue weighted by Crippen LogP contribution is -2.30. The average Bonchev–Trinajstić information content (AvgIpc) is 2.99. The molecule has 0 unspecified atom stereocenters. The van der Waals surface area contributed by atoms with Crippen LogP contribution in [0.4, 0.5) is 0 Å². The van der Waals surface area contributed by atoms with Gasteiger partial charge in [-0.2, -0.15) is 5.10 Å². The zero-order valence-corrected chi connectivity index (χ0v) is 12.9. The summed E-state index contributed by atoms with van der Waals surface area (Å²) in [5, 5.41) is 4.40. The van der Waals surface area contributed by atoms with Crippen LogP contribution in [-0.2, 0) is 6.54 Å². The number of rotatable bonds is 4. The molecular weight excluding hydrogens is 288 g/mol. The molecule has 0 spiro atoms. The second kappa shape index (κ2) is 6.46. The number of nitrogens with one attached hydrogen (secondary N) is 1. The number of hydrogen-bond acceptors (Lipinski definition) is 3. The molecule has 1 aromatic heterocycles. The number of hydrazine groups is 1. The molecule has 0 atom stereocenters. The van der Waals surface area contributed by atoms with Crippen molar-refractivity contribution >= 4 is 5.91 Å². The fourth-order valence-corrected chi connectivity index (χ4v) is 2.44. The molecule has 0 saturated carbocycles. The van der Waals surface area contributed by atoms with Gasteiger partial charge in [-0.05, 0) is 24.1 Å². The second-order valence-electron chi connectivity index (χ2n) is 5.40. The van der Waals surface area contributed by atoms with E-state index in [0.29, 0.717) is 12.2 Å². The number of nitrogen functional groups attached to an aromatic ring is 1. The second-order valence-corrected chi connectivity index (χ2v) is 5.40. The summed E-state index contributed by atoms with van der Waals surface area (Å²) in [6, 6.07) is 19.9. The van der Waals surface area contributed by atoms with Crippen LogP contribution in [0.2, 0.25) is 0 Å². The van der Waals surface area contributed by atoms with E-state index in [9.17, 15) is 4.79 Å². The summed E-state index contributed by atoms with van der Waals surface area (Å²) >= 11 is 0. The van der Waals surface area contributed by atoms with Crippen LogP contribution >= 0.6 is 0 Å². The number of nitrogens with zero attached hydrogens (tertiary/aromatic N) is 2. The number of aromatic nitrogens is 2. The Morgan fingerprint density at radius 3 is 2.48 bits per heavy atom. The maximum absolute atomic E-state index is 11.8. The van der Waals surface area contributed by atoms with Crippen molar-refractivity contribution in [3.05, 3.63) is 77.5 Å². The SMILES string of the molecule is Cc1ccc(-c2cc(C(=O)NN)nn2Cc2ccccc2)cc1.